The molecular weight excluding hydrogens is 468 g/mol. The van der Waals surface area contributed by atoms with Crippen LogP contribution in [-0.4, -0.2) is 61.6 Å². The highest BCUT2D eigenvalue weighted by atomic mass is 32.2. The van der Waals surface area contributed by atoms with Gasteiger partial charge in [0, 0.05) is 38.6 Å². The fourth-order valence-corrected chi connectivity index (χ4v) is 4.71. The van der Waals surface area contributed by atoms with Crippen LogP contribution >= 0.6 is 11.8 Å². The van der Waals surface area contributed by atoms with Crippen LogP contribution in [0.25, 0.3) is 22.7 Å². The number of nitrogens with zero attached hydrogens (tertiary/aromatic N) is 5. The Hall–Kier alpha value is -3.96. The van der Waals surface area contributed by atoms with E-state index in [1.165, 1.54) is 17.8 Å². The minimum atomic E-state index is -0.423. The fourth-order valence-electron chi connectivity index (χ4n) is 3.82. The molecule has 11 heteroatoms. The molecule has 0 atom stereocenters. The Morgan fingerprint density at radius 1 is 1.23 bits per heavy atom. The molecule has 1 aliphatic heterocycles. The predicted molar refractivity (Wildman–Crippen MR) is 132 cm³/mol. The largest absolute Gasteiger partial charge is 0.378 e. The molecule has 0 saturated carbocycles. The van der Waals surface area contributed by atoms with E-state index in [0.29, 0.717) is 53.3 Å². The molecule has 1 amide bonds. The molecule has 2 aromatic carbocycles. The first kappa shape index (κ1) is 22.8. The molecular formula is C24H22N6O4S. The highest BCUT2D eigenvalue weighted by Crippen LogP contribution is 2.35. The average molecular weight is 491 g/mol. The van der Waals surface area contributed by atoms with Gasteiger partial charge in [0.05, 0.1) is 39.6 Å². The van der Waals surface area contributed by atoms with E-state index < -0.39 is 4.92 Å². The molecule has 1 N–H and O–H groups in total. The number of para-hydroxylation sites is 2. The molecule has 178 valence electrons. The van der Waals surface area contributed by atoms with Crippen molar-refractivity contribution in [1.82, 2.24) is 24.4 Å². The van der Waals surface area contributed by atoms with E-state index in [1.54, 1.807) is 40.1 Å². The molecule has 1 aliphatic rings. The number of rotatable bonds is 6. The summed E-state index contributed by atoms with van der Waals surface area (Å²) in [6.07, 6.45) is 5.07. The number of morpholine rings is 1. The zero-order valence-electron chi connectivity index (χ0n) is 18.9. The maximum absolute atomic E-state index is 13.5. The number of imidazole rings is 2. The quantitative estimate of drug-likeness (QED) is 0.248. The van der Waals surface area contributed by atoms with Crippen molar-refractivity contribution in [2.45, 2.75) is 10.1 Å². The summed E-state index contributed by atoms with van der Waals surface area (Å²) in [7, 11) is 1.83. The number of aryl methyl sites for hydroxylation is 1. The number of carbonyl (C=O) groups is 1. The molecule has 1 saturated heterocycles. The van der Waals surface area contributed by atoms with Gasteiger partial charge in [0.1, 0.15) is 5.82 Å². The van der Waals surface area contributed by atoms with Gasteiger partial charge in [0.25, 0.3) is 11.6 Å². The van der Waals surface area contributed by atoms with Crippen molar-refractivity contribution in [3.63, 3.8) is 0 Å². The Labute approximate surface area is 204 Å². The van der Waals surface area contributed by atoms with Gasteiger partial charge in [-0.15, -0.1) is 0 Å². The molecule has 0 radical (unpaired) electrons. The summed E-state index contributed by atoms with van der Waals surface area (Å²) in [6, 6.07) is 12.4. The van der Waals surface area contributed by atoms with Crippen LogP contribution in [0, 0.1) is 10.1 Å². The summed E-state index contributed by atoms with van der Waals surface area (Å²) in [4.78, 5) is 39.2. The van der Waals surface area contributed by atoms with Crippen molar-refractivity contribution in [3.8, 4) is 0 Å². The van der Waals surface area contributed by atoms with E-state index in [2.05, 4.69) is 15.0 Å². The molecule has 35 heavy (non-hydrogen) atoms. The number of aromatic nitrogens is 4. The Balaban J connectivity index is 1.56. The van der Waals surface area contributed by atoms with Gasteiger partial charge in [0.2, 0.25) is 0 Å². The monoisotopic (exact) mass is 490 g/mol. The number of aromatic amines is 1. The second-order valence-corrected chi connectivity index (χ2v) is 8.98. The lowest BCUT2D eigenvalue weighted by molar-refractivity contribution is -0.387. The summed E-state index contributed by atoms with van der Waals surface area (Å²) in [5.41, 5.74) is 2.33. The third-order valence-electron chi connectivity index (χ3n) is 5.64. The minimum absolute atomic E-state index is 0.0606. The Morgan fingerprint density at radius 3 is 2.74 bits per heavy atom. The normalized spacial score (nSPS) is 14.4. The molecule has 3 heterocycles. The number of nitro groups is 1. The molecule has 0 bridgehead atoms. The second kappa shape index (κ2) is 9.72. The predicted octanol–water partition coefficient (Wildman–Crippen LogP) is 3.76. The first-order valence-electron chi connectivity index (χ1n) is 11.0. The first-order valence-corrected chi connectivity index (χ1v) is 11.8. The average Bonchev–Trinajstić information content (AvgIpc) is 3.49. The van der Waals surface area contributed by atoms with Crippen molar-refractivity contribution in [2.75, 3.05) is 26.3 Å². The molecule has 1 fully saturated rings. The van der Waals surface area contributed by atoms with Gasteiger partial charge < -0.3 is 19.2 Å². The van der Waals surface area contributed by atoms with Gasteiger partial charge in [0.15, 0.2) is 5.16 Å². The smallest absolute Gasteiger partial charge is 0.283 e. The van der Waals surface area contributed by atoms with Crippen molar-refractivity contribution >= 4 is 46.0 Å². The lowest BCUT2D eigenvalue weighted by atomic mass is 10.1. The first-order chi connectivity index (χ1) is 17.0. The van der Waals surface area contributed by atoms with Crippen LogP contribution in [0.15, 0.2) is 64.9 Å². The van der Waals surface area contributed by atoms with E-state index in [-0.39, 0.29) is 11.6 Å². The molecule has 5 rings (SSSR count). The molecule has 0 unspecified atom stereocenters. The number of H-pyrrole nitrogens is 1. The summed E-state index contributed by atoms with van der Waals surface area (Å²) in [5, 5.41) is 12.5. The highest BCUT2D eigenvalue weighted by Gasteiger charge is 2.25. The third-order valence-corrected chi connectivity index (χ3v) is 6.78. The van der Waals surface area contributed by atoms with Gasteiger partial charge in [-0.1, -0.05) is 18.2 Å². The third kappa shape index (κ3) is 4.81. The number of hydrogen-bond donors (Lipinski definition) is 1. The number of ether oxygens (including phenoxy) is 1. The zero-order chi connectivity index (χ0) is 24.4. The maximum atomic E-state index is 13.5. The van der Waals surface area contributed by atoms with Crippen LogP contribution in [0.5, 0.6) is 0 Å². The lowest BCUT2D eigenvalue weighted by Gasteiger charge is -2.27. The molecule has 0 spiro atoms. The Kier molecular flexibility index (Phi) is 6.34. The van der Waals surface area contributed by atoms with Crippen LogP contribution in [-0.2, 0) is 16.6 Å². The van der Waals surface area contributed by atoms with Gasteiger partial charge in [-0.25, -0.2) is 9.97 Å². The fraction of sp³-hybridized carbons (Fsp3) is 0.208. The lowest BCUT2D eigenvalue weighted by Crippen LogP contribution is -2.41. The molecule has 4 aromatic rings. The number of carbonyl (C=O) groups excluding carboxylic acids is 1. The molecule has 2 aromatic heterocycles. The van der Waals surface area contributed by atoms with E-state index >= 15 is 0 Å². The van der Waals surface area contributed by atoms with Crippen molar-refractivity contribution < 1.29 is 14.5 Å². The minimum Gasteiger partial charge on any atom is -0.378 e. The number of benzene rings is 2. The van der Waals surface area contributed by atoms with E-state index in [4.69, 9.17) is 4.74 Å². The summed E-state index contributed by atoms with van der Waals surface area (Å²) in [6.45, 7) is 1.86. The van der Waals surface area contributed by atoms with Crippen LogP contribution in [0.2, 0.25) is 0 Å². The van der Waals surface area contributed by atoms with Crippen LogP contribution in [0.3, 0.4) is 0 Å². The van der Waals surface area contributed by atoms with Crippen molar-refractivity contribution in [2.24, 2.45) is 7.05 Å². The SMILES string of the molecule is Cn1ccnc1Sc1ccc(/C=C(/C(=O)N2CCOCC2)c2nc3ccccc3[nH]2)cc1[N+](=O)[O-]. The number of fused-ring (bicyclic) bond motifs is 1. The van der Waals surface area contributed by atoms with E-state index in [1.807, 2.05) is 31.3 Å². The van der Waals surface area contributed by atoms with E-state index in [0.717, 1.165) is 11.0 Å². The number of amides is 1. The maximum Gasteiger partial charge on any atom is 0.283 e. The van der Waals surface area contributed by atoms with Gasteiger partial charge >= 0.3 is 0 Å². The number of nitrogens with one attached hydrogen (secondary N) is 1. The van der Waals surface area contributed by atoms with Crippen LogP contribution in [0.4, 0.5) is 5.69 Å². The topological polar surface area (TPSA) is 119 Å². The number of hydrogen-bond acceptors (Lipinski definition) is 7. The van der Waals surface area contributed by atoms with Crippen LogP contribution < -0.4 is 0 Å². The Morgan fingerprint density at radius 2 is 2.03 bits per heavy atom. The van der Waals surface area contributed by atoms with Crippen molar-refractivity contribution in [3.05, 3.63) is 76.4 Å². The van der Waals surface area contributed by atoms with Crippen LogP contribution in [0.1, 0.15) is 11.4 Å². The van der Waals surface area contributed by atoms with Crippen molar-refractivity contribution in [1.29, 1.82) is 0 Å². The second-order valence-electron chi connectivity index (χ2n) is 7.97. The van der Waals surface area contributed by atoms with Gasteiger partial charge in [-0.05, 0) is 41.6 Å². The van der Waals surface area contributed by atoms with Gasteiger partial charge in [-0.2, -0.15) is 0 Å². The molecule has 0 aliphatic carbocycles. The number of nitro benzene ring substituents is 1. The Bertz CT molecular complexity index is 1400. The van der Waals surface area contributed by atoms with E-state index in [9.17, 15) is 14.9 Å². The summed E-state index contributed by atoms with van der Waals surface area (Å²) < 4.78 is 7.18. The van der Waals surface area contributed by atoms with Gasteiger partial charge in [-0.3, -0.25) is 14.9 Å². The summed E-state index contributed by atoms with van der Waals surface area (Å²) in [5.74, 6) is 0.207. The molecule has 10 nitrogen and oxygen atoms in total. The highest BCUT2D eigenvalue weighted by molar-refractivity contribution is 7.99. The summed E-state index contributed by atoms with van der Waals surface area (Å²) >= 11 is 1.21. The zero-order valence-corrected chi connectivity index (χ0v) is 19.7. The standard InChI is InChI=1S/C24H22N6O4S/c1-28-9-8-25-24(28)35-21-7-6-16(15-20(21)30(32)33)14-17(23(31)29-10-12-34-13-11-29)22-26-18-4-2-3-5-19(18)27-22/h2-9,14-15H,10-13H2,1H3,(H,26,27)/b17-14+.